The highest BCUT2D eigenvalue weighted by Crippen LogP contribution is 2.47. The molecule has 2 aromatic heterocycles. The van der Waals surface area contributed by atoms with Gasteiger partial charge in [-0.25, -0.2) is 0 Å². The van der Waals surface area contributed by atoms with Crippen LogP contribution in [0.4, 0.5) is 5.69 Å². The zero-order valence-corrected chi connectivity index (χ0v) is 14.7. The maximum absolute atomic E-state index is 12.5. The van der Waals surface area contributed by atoms with Gasteiger partial charge in [0.25, 0.3) is 0 Å². The van der Waals surface area contributed by atoms with Gasteiger partial charge in [0.1, 0.15) is 11.5 Å². The van der Waals surface area contributed by atoms with Gasteiger partial charge >= 0.3 is 0 Å². The van der Waals surface area contributed by atoms with Crippen molar-refractivity contribution in [3.63, 3.8) is 0 Å². The maximum Gasteiger partial charge on any atom is 0.223 e. The second kappa shape index (κ2) is 6.90. The van der Waals surface area contributed by atoms with E-state index in [-0.39, 0.29) is 5.91 Å². The molecule has 1 aliphatic carbocycles. The first kappa shape index (κ1) is 16.2. The fourth-order valence-corrected chi connectivity index (χ4v) is 3.60. The van der Waals surface area contributed by atoms with E-state index in [0.717, 1.165) is 43.6 Å². The van der Waals surface area contributed by atoms with Crippen molar-refractivity contribution in [2.45, 2.75) is 32.1 Å². The number of carbonyl (C=O) groups is 1. The molecule has 0 bridgehead atoms. The van der Waals surface area contributed by atoms with E-state index < -0.39 is 0 Å². The summed E-state index contributed by atoms with van der Waals surface area (Å²) in [6, 6.07) is 8.16. The number of rotatable bonds is 5. The van der Waals surface area contributed by atoms with Crippen molar-refractivity contribution in [1.82, 2.24) is 9.88 Å². The molecule has 0 radical (unpaired) electrons. The number of piperazine rings is 1. The number of hydrogen-bond donors (Lipinski definition) is 0. The fourth-order valence-electron chi connectivity index (χ4n) is 3.60. The third-order valence-electron chi connectivity index (χ3n) is 5.40. The fraction of sp³-hybridized carbons (Fsp3) is 0.500. The molecule has 4 rings (SSSR count). The molecule has 1 amide bonds. The summed E-state index contributed by atoms with van der Waals surface area (Å²) in [7, 11) is 0. The van der Waals surface area contributed by atoms with E-state index in [4.69, 9.17) is 4.42 Å². The summed E-state index contributed by atoms with van der Waals surface area (Å²) < 4.78 is 5.91. The predicted octanol–water partition coefficient (Wildman–Crippen LogP) is 3.08. The summed E-state index contributed by atoms with van der Waals surface area (Å²) in [6.45, 7) is 5.57. The maximum atomic E-state index is 12.5. The molecule has 5 heteroatoms. The molecule has 2 fully saturated rings. The Morgan fingerprint density at radius 1 is 1.16 bits per heavy atom. The molecule has 2 aromatic rings. The van der Waals surface area contributed by atoms with Crippen LogP contribution in [0.25, 0.3) is 0 Å². The van der Waals surface area contributed by atoms with Gasteiger partial charge in [-0.3, -0.25) is 9.78 Å². The molecular weight excluding hydrogens is 314 g/mol. The Balaban J connectivity index is 1.24. The Bertz CT molecular complexity index is 720. The lowest BCUT2D eigenvalue weighted by molar-refractivity contribution is -0.131. The van der Waals surface area contributed by atoms with Crippen LogP contribution in [0.5, 0.6) is 0 Å². The lowest BCUT2D eigenvalue weighted by Gasteiger charge is -2.36. The van der Waals surface area contributed by atoms with Crippen molar-refractivity contribution in [2.24, 2.45) is 5.92 Å². The molecule has 0 unspecified atom stereocenters. The molecule has 0 spiro atoms. The van der Waals surface area contributed by atoms with Crippen LogP contribution >= 0.6 is 0 Å². The van der Waals surface area contributed by atoms with Gasteiger partial charge in [0.05, 0.1) is 0 Å². The molecule has 2 atom stereocenters. The standard InChI is InChI=1S/C20H25N3O2/c1-15-14-18(15)19-4-2-17(25-19)3-5-20(24)23-12-10-22(11-13-23)16-6-8-21-9-7-16/h2,4,6-9,15,18H,3,5,10-14H2,1H3/t15-,18-/m0/s1. The number of carbonyl (C=O) groups excluding carboxylic acids is 1. The Hall–Kier alpha value is -2.30. The van der Waals surface area contributed by atoms with Crippen molar-refractivity contribution < 1.29 is 9.21 Å². The van der Waals surface area contributed by atoms with Crippen LogP contribution in [0.3, 0.4) is 0 Å². The first-order chi connectivity index (χ1) is 12.2. The van der Waals surface area contributed by atoms with E-state index in [1.165, 1.54) is 12.1 Å². The molecule has 0 N–H and O–H groups in total. The monoisotopic (exact) mass is 339 g/mol. The molecule has 132 valence electrons. The van der Waals surface area contributed by atoms with Gasteiger partial charge in [-0.2, -0.15) is 0 Å². The van der Waals surface area contributed by atoms with Crippen LogP contribution in [0.2, 0.25) is 0 Å². The molecule has 5 nitrogen and oxygen atoms in total. The molecule has 1 aliphatic heterocycles. The number of aromatic nitrogens is 1. The third-order valence-corrected chi connectivity index (χ3v) is 5.40. The minimum absolute atomic E-state index is 0.229. The minimum atomic E-state index is 0.229. The zero-order valence-electron chi connectivity index (χ0n) is 14.7. The van der Waals surface area contributed by atoms with Crippen LogP contribution < -0.4 is 4.90 Å². The number of amides is 1. The van der Waals surface area contributed by atoms with Gasteiger partial charge in [0, 0.05) is 63.0 Å². The highest BCUT2D eigenvalue weighted by Gasteiger charge is 2.36. The van der Waals surface area contributed by atoms with E-state index in [1.807, 2.05) is 35.5 Å². The van der Waals surface area contributed by atoms with E-state index >= 15 is 0 Å². The average Bonchev–Trinajstić information content (AvgIpc) is 3.20. The van der Waals surface area contributed by atoms with Crippen molar-refractivity contribution >= 4 is 11.6 Å². The Labute approximate surface area is 148 Å². The Kier molecular flexibility index (Phi) is 4.47. The highest BCUT2D eigenvalue weighted by atomic mass is 16.3. The quantitative estimate of drug-likeness (QED) is 0.840. The molecule has 0 aromatic carbocycles. The van der Waals surface area contributed by atoms with E-state index in [9.17, 15) is 4.79 Å². The number of aryl methyl sites for hydroxylation is 1. The normalized spacial score (nSPS) is 22.9. The van der Waals surface area contributed by atoms with E-state index in [0.29, 0.717) is 18.8 Å². The van der Waals surface area contributed by atoms with Gasteiger partial charge in [-0.05, 0) is 36.6 Å². The lowest BCUT2D eigenvalue weighted by Crippen LogP contribution is -2.48. The molecule has 1 saturated heterocycles. The molecule has 1 saturated carbocycles. The lowest BCUT2D eigenvalue weighted by atomic mass is 10.2. The second-order valence-corrected chi connectivity index (χ2v) is 7.20. The summed E-state index contributed by atoms with van der Waals surface area (Å²) in [5, 5.41) is 0. The van der Waals surface area contributed by atoms with Crippen LogP contribution in [0, 0.1) is 5.92 Å². The molecule has 2 aliphatic rings. The predicted molar refractivity (Wildman–Crippen MR) is 96.6 cm³/mol. The summed E-state index contributed by atoms with van der Waals surface area (Å²) >= 11 is 0. The first-order valence-corrected chi connectivity index (χ1v) is 9.22. The summed E-state index contributed by atoms with van der Waals surface area (Å²) in [5.41, 5.74) is 1.18. The van der Waals surface area contributed by atoms with Crippen LogP contribution in [0.1, 0.15) is 37.2 Å². The SMILES string of the molecule is C[C@H]1C[C@@H]1c1ccc(CCC(=O)N2CCN(c3ccncc3)CC2)o1. The van der Waals surface area contributed by atoms with E-state index in [2.05, 4.69) is 22.9 Å². The van der Waals surface area contributed by atoms with Gasteiger partial charge < -0.3 is 14.2 Å². The zero-order chi connectivity index (χ0) is 17.2. The number of nitrogens with zero attached hydrogens (tertiary/aromatic N) is 3. The van der Waals surface area contributed by atoms with Crippen molar-refractivity contribution in [2.75, 3.05) is 31.1 Å². The van der Waals surface area contributed by atoms with Crippen LogP contribution in [-0.2, 0) is 11.2 Å². The third kappa shape index (κ3) is 3.70. The van der Waals surface area contributed by atoms with Gasteiger partial charge in [0.2, 0.25) is 5.91 Å². The van der Waals surface area contributed by atoms with Gasteiger partial charge in [-0.15, -0.1) is 0 Å². The number of anilines is 1. The van der Waals surface area contributed by atoms with Crippen LogP contribution in [0.15, 0.2) is 41.1 Å². The van der Waals surface area contributed by atoms with E-state index in [1.54, 1.807) is 0 Å². The minimum Gasteiger partial charge on any atom is -0.466 e. The summed E-state index contributed by atoms with van der Waals surface area (Å²) in [4.78, 5) is 20.8. The number of pyridine rings is 1. The Morgan fingerprint density at radius 3 is 2.56 bits per heavy atom. The summed E-state index contributed by atoms with van der Waals surface area (Å²) in [6.07, 6.45) is 6.08. The number of hydrogen-bond acceptors (Lipinski definition) is 4. The van der Waals surface area contributed by atoms with Crippen LogP contribution in [-0.4, -0.2) is 42.0 Å². The summed E-state index contributed by atoms with van der Waals surface area (Å²) in [5.74, 6) is 3.62. The second-order valence-electron chi connectivity index (χ2n) is 7.20. The average molecular weight is 339 g/mol. The topological polar surface area (TPSA) is 49.6 Å². The van der Waals surface area contributed by atoms with Gasteiger partial charge in [-0.1, -0.05) is 6.92 Å². The number of furan rings is 1. The first-order valence-electron chi connectivity index (χ1n) is 9.22. The Morgan fingerprint density at radius 2 is 1.88 bits per heavy atom. The highest BCUT2D eigenvalue weighted by molar-refractivity contribution is 5.76. The van der Waals surface area contributed by atoms with Gasteiger partial charge in [0.15, 0.2) is 0 Å². The van der Waals surface area contributed by atoms with Crippen molar-refractivity contribution in [3.05, 3.63) is 48.2 Å². The molecular formula is C20H25N3O2. The van der Waals surface area contributed by atoms with Crippen molar-refractivity contribution in [3.8, 4) is 0 Å². The molecule has 3 heterocycles. The smallest absolute Gasteiger partial charge is 0.223 e. The molecule has 25 heavy (non-hydrogen) atoms. The van der Waals surface area contributed by atoms with Crippen molar-refractivity contribution in [1.29, 1.82) is 0 Å². The largest absolute Gasteiger partial charge is 0.466 e.